The second-order valence-corrected chi connectivity index (χ2v) is 39.2. The van der Waals surface area contributed by atoms with Crippen LogP contribution in [0.5, 0.6) is 0 Å². The van der Waals surface area contributed by atoms with Crippen LogP contribution in [0.3, 0.4) is 0 Å². The molecule has 2 aromatic heterocycles. The molecule has 0 saturated heterocycles. The Kier molecular flexibility index (Phi) is 19.5. The van der Waals surface area contributed by atoms with Crippen molar-refractivity contribution >= 4 is 99.3 Å². The van der Waals surface area contributed by atoms with Crippen molar-refractivity contribution in [3.63, 3.8) is 0 Å². The number of rotatable bonds is 14. The Morgan fingerprint density at radius 2 is 0.411 bits per heavy atom. The zero-order valence-corrected chi connectivity index (χ0v) is 79.9. The van der Waals surface area contributed by atoms with Crippen LogP contribution in [0.1, 0.15) is 44.5 Å². The maximum absolute atomic E-state index is 2.50. The van der Waals surface area contributed by atoms with Gasteiger partial charge in [0.25, 0.3) is 0 Å². The van der Waals surface area contributed by atoms with Crippen molar-refractivity contribution in [1.82, 2.24) is 9.13 Å². The minimum Gasteiger partial charge on any atom is -0.310 e. The Bertz CT molecular complexity index is 9650. The fourth-order valence-electron chi connectivity index (χ4n) is 25.2. The molecule has 0 aliphatic heterocycles. The first-order valence-electron chi connectivity index (χ1n) is 50.6. The molecule has 4 nitrogen and oxygen atoms in total. The maximum atomic E-state index is 2.50. The Balaban J connectivity index is 0.000000138. The van der Waals surface area contributed by atoms with E-state index in [1.165, 1.54) is 210 Å². The smallest absolute Gasteiger partial charge is 0.0726 e. The Morgan fingerprint density at radius 1 is 0.130 bits per heavy atom. The summed E-state index contributed by atoms with van der Waals surface area (Å²) in [5.41, 5.74) is 48.1. The number of fused-ring (bicyclic) bond motifs is 28. The predicted molar refractivity (Wildman–Crippen MR) is 611 cm³/mol. The van der Waals surface area contributed by atoms with Crippen molar-refractivity contribution in [2.24, 2.45) is 0 Å². The van der Waals surface area contributed by atoms with Crippen LogP contribution in [0, 0.1) is 0 Å². The lowest BCUT2D eigenvalue weighted by atomic mass is 9.70. The van der Waals surface area contributed by atoms with E-state index in [1.807, 2.05) is 0 Å². The Hall–Kier alpha value is -19.0. The van der Waals surface area contributed by atoms with Gasteiger partial charge in [-0.05, 0) is 329 Å². The van der Waals surface area contributed by atoms with Crippen molar-refractivity contribution in [3.8, 4) is 123 Å². The fraction of sp³-hybridized carbons (Fsp3) is 0.0141. The van der Waals surface area contributed by atoms with Gasteiger partial charge in [-0.3, -0.25) is 0 Å². The van der Waals surface area contributed by atoms with E-state index in [0.29, 0.717) is 0 Å². The summed E-state index contributed by atoms with van der Waals surface area (Å²) in [7, 11) is 0. The highest BCUT2D eigenvalue weighted by molar-refractivity contribution is 6.13. The van der Waals surface area contributed by atoms with E-state index in [4.69, 9.17) is 0 Å². The van der Waals surface area contributed by atoms with E-state index in [-0.39, 0.29) is 0 Å². The highest BCUT2D eigenvalue weighted by Crippen LogP contribution is 2.66. The molecule has 24 aromatic carbocycles. The SMILES string of the molecule is c1ccc(-c2ccc3cc(N(c4cccc(-c5cccc(-c6ccc7c(c6)c6ccccc6n7-c6ccccc6)c5)c4)c4ccc5c(c4)C4(c6ccccc6-c6ccccc64)c4ccccc4-5)ccc3c2)cc1.c1ccc(-n2c3ccccc3c3cc(-c4cccc(-c5cccc(N(c6ccc(-c7cccc8ccccc78)cc6)c6ccc7c(c6)C6(c8ccccc8-c8ccccc86)c6ccccc6-7)c5)c4)ccc32)cc1. The standard InChI is InChI=1S/2C71H46N2/c1-3-17-47(18-4-1)51-33-34-53-44-57(37-35-52(53)42-51)72(58-38-39-62-61-27-9-13-31-67(61)71(68(62)46-58)65-29-11-7-25-59(65)60-26-8-12-30-66(60)71)56-24-16-21-50(43-56)48-19-15-20-49(41-48)54-36-40-70-64(45-54)63-28-10-14-32-69(63)73(70)55-22-5-2-6-23-55;1-2-22-53(23-3-1)73-69-34-13-9-29-63(69)64-45-52(37-42-70(64)73)50-20-14-19-49(43-50)51-21-15-24-55(44-51)72(54-38-35-48(36-39-54)58-30-16-18-47-17-4-5-25-57(47)58)56-40-41-62-61-28-8-12-33-67(61)71(68(62)46-56)65-31-10-6-26-59(65)60-27-7-11-32-66(60)71/h2*1-46H. The molecule has 0 N–H and O–H groups in total. The number of para-hydroxylation sites is 4. The molecule has 0 atom stereocenters. The summed E-state index contributed by atoms with van der Waals surface area (Å²) < 4.78 is 4.76. The first-order chi connectivity index (χ1) is 72.4. The summed E-state index contributed by atoms with van der Waals surface area (Å²) >= 11 is 0. The molecule has 0 fully saturated rings. The van der Waals surface area contributed by atoms with Crippen molar-refractivity contribution in [3.05, 3.63) is 603 Å². The van der Waals surface area contributed by atoms with E-state index in [2.05, 4.69) is 577 Å². The molecular weight excluding hydrogens is 1760 g/mol. The third-order valence-electron chi connectivity index (χ3n) is 31.5. The van der Waals surface area contributed by atoms with Crippen LogP contribution in [0.15, 0.2) is 558 Å². The number of benzene rings is 24. The molecule has 2 spiro atoms. The lowest BCUT2D eigenvalue weighted by Crippen LogP contribution is -2.26. The predicted octanol–water partition coefficient (Wildman–Crippen LogP) is 37.5. The summed E-state index contributed by atoms with van der Waals surface area (Å²) in [5.74, 6) is 0. The number of nitrogens with zero attached hydrogens (tertiary/aromatic N) is 4. The summed E-state index contributed by atoms with van der Waals surface area (Å²) in [4.78, 5) is 4.93. The van der Waals surface area contributed by atoms with E-state index in [1.54, 1.807) is 0 Å². The fourth-order valence-corrected chi connectivity index (χ4v) is 25.2. The molecule has 4 aliphatic rings. The average molecular weight is 1850 g/mol. The van der Waals surface area contributed by atoms with Crippen molar-refractivity contribution in [2.45, 2.75) is 10.8 Å². The molecule has 0 amide bonds. The van der Waals surface area contributed by atoms with Gasteiger partial charge in [0, 0.05) is 67.0 Å². The monoisotopic (exact) mass is 1850 g/mol. The minimum atomic E-state index is -0.459. The van der Waals surface area contributed by atoms with E-state index in [0.717, 1.165) is 56.6 Å². The highest BCUT2D eigenvalue weighted by Gasteiger charge is 2.54. The lowest BCUT2D eigenvalue weighted by molar-refractivity contribution is 0.793. The first-order valence-corrected chi connectivity index (χ1v) is 50.6. The number of hydrogen-bond acceptors (Lipinski definition) is 2. The molecule has 0 radical (unpaired) electrons. The van der Waals surface area contributed by atoms with Gasteiger partial charge >= 0.3 is 0 Å². The van der Waals surface area contributed by atoms with Gasteiger partial charge in [0.15, 0.2) is 0 Å². The van der Waals surface area contributed by atoms with E-state index in [9.17, 15) is 0 Å². The maximum Gasteiger partial charge on any atom is 0.0726 e. The van der Waals surface area contributed by atoms with Gasteiger partial charge in [-0.1, -0.05) is 406 Å². The average Bonchev–Trinajstić information content (AvgIpc) is 1.51. The molecule has 0 unspecified atom stereocenters. The van der Waals surface area contributed by atoms with Crippen LogP contribution in [-0.2, 0) is 10.8 Å². The number of aromatic nitrogens is 2. The van der Waals surface area contributed by atoms with Gasteiger partial charge in [0.1, 0.15) is 0 Å². The first kappa shape index (κ1) is 83.9. The van der Waals surface area contributed by atoms with Gasteiger partial charge in [-0.25, -0.2) is 0 Å². The summed E-state index contributed by atoms with van der Waals surface area (Å²) in [6.45, 7) is 0. The molecule has 680 valence electrons. The third kappa shape index (κ3) is 13.2. The molecule has 0 saturated carbocycles. The molecular formula is C142H92N4. The zero-order valence-electron chi connectivity index (χ0n) is 79.9. The highest BCUT2D eigenvalue weighted by atomic mass is 15.1. The van der Waals surface area contributed by atoms with Gasteiger partial charge < -0.3 is 18.9 Å². The lowest BCUT2D eigenvalue weighted by Gasteiger charge is -2.32. The van der Waals surface area contributed by atoms with Gasteiger partial charge in [-0.15, -0.1) is 0 Å². The summed E-state index contributed by atoms with van der Waals surface area (Å²) in [5, 5.41) is 9.89. The minimum absolute atomic E-state index is 0.458. The van der Waals surface area contributed by atoms with Crippen LogP contribution >= 0.6 is 0 Å². The summed E-state index contributed by atoms with van der Waals surface area (Å²) in [6.07, 6.45) is 0. The van der Waals surface area contributed by atoms with Crippen LogP contribution in [-0.4, -0.2) is 9.13 Å². The molecule has 4 heteroatoms. The van der Waals surface area contributed by atoms with Gasteiger partial charge in [0.05, 0.1) is 32.9 Å². The van der Waals surface area contributed by atoms with Gasteiger partial charge in [0.2, 0.25) is 0 Å². The summed E-state index contributed by atoms with van der Waals surface area (Å²) in [6, 6.07) is 207. The zero-order chi connectivity index (χ0) is 96.1. The topological polar surface area (TPSA) is 16.3 Å². The molecule has 2 heterocycles. The van der Waals surface area contributed by atoms with Crippen molar-refractivity contribution in [2.75, 3.05) is 9.80 Å². The molecule has 26 aromatic rings. The number of anilines is 6. The quantitative estimate of drug-likeness (QED) is 0.108. The number of hydrogen-bond donors (Lipinski definition) is 0. The van der Waals surface area contributed by atoms with Crippen molar-refractivity contribution < 1.29 is 0 Å². The second kappa shape index (κ2) is 33.9. The van der Waals surface area contributed by atoms with Crippen molar-refractivity contribution in [1.29, 1.82) is 0 Å². The molecule has 146 heavy (non-hydrogen) atoms. The Labute approximate surface area is 848 Å². The van der Waals surface area contributed by atoms with Crippen LogP contribution in [0.2, 0.25) is 0 Å². The Morgan fingerprint density at radius 3 is 0.870 bits per heavy atom. The largest absolute Gasteiger partial charge is 0.310 e. The van der Waals surface area contributed by atoms with E-state index < -0.39 is 10.8 Å². The molecule has 4 aliphatic carbocycles. The van der Waals surface area contributed by atoms with Gasteiger partial charge in [-0.2, -0.15) is 0 Å². The molecule has 30 rings (SSSR count). The van der Waals surface area contributed by atoms with E-state index >= 15 is 0 Å². The molecule has 0 bridgehead atoms. The van der Waals surface area contributed by atoms with Crippen LogP contribution in [0.4, 0.5) is 34.1 Å². The normalized spacial score (nSPS) is 12.8. The van der Waals surface area contributed by atoms with Crippen LogP contribution in [0.25, 0.3) is 188 Å². The third-order valence-corrected chi connectivity index (χ3v) is 31.5. The van der Waals surface area contributed by atoms with Crippen LogP contribution < -0.4 is 9.80 Å². The second-order valence-electron chi connectivity index (χ2n) is 39.2.